The highest BCUT2D eigenvalue weighted by Crippen LogP contribution is 2.29. The van der Waals surface area contributed by atoms with E-state index in [1.54, 1.807) is 6.07 Å². The summed E-state index contributed by atoms with van der Waals surface area (Å²) in [6, 6.07) is 6.10. The van der Waals surface area contributed by atoms with Crippen molar-refractivity contribution >= 4 is 23.2 Å². The van der Waals surface area contributed by atoms with E-state index in [0.29, 0.717) is 16.7 Å². The standard InChI is InChI=1S/C14H14Cl2FNO/c1-2-18-13(11-5-6-19-14(11)16)8-9-7-10(17)3-4-12(9)15/h3-7,13,18H,2,8H2,1H3. The van der Waals surface area contributed by atoms with Crippen molar-refractivity contribution in [1.82, 2.24) is 5.32 Å². The van der Waals surface area contributed by atoms with Crippen LogP contribution in [0, 0.1) is 5.82 Å². The fourth-order valence-electron chi connectivity index (χ4n) is 2.01. The Morgan fingerprint density at radius 1 is 1.32 bits per heavy atom. The summed E-state index contributed by atoms with van der Waals surface area (Å²) in [6.07, 6.45) is 2.08. The summed E-state index contributed by atoms with van der Waals surface area (Å²) in [6.45, 7) is 2.76. The fraction of sp³-hybridized carbons (Fsp3) is 0.286. The minimum atomic E-state index is -0.298. The summed E-state index contributed by atoms with van der Waals surface area (Å²) >= 11 is 12.1. The van der Waals surface area contributed by atoms with Crippen molar-refractivity contribution in [2.45, 2.75) is 19.4 Å². The number of halogens is 3. The number of nitrogens with one attached hydrogen (secondary N) is 1. The first kappa shape index (κ1) is 14.4. The van der Waals surface area contributed by atoms with E-state index < -0.39 is 0 Å². The minimum absolute atomic E-state index is 0.0597. The van der Waals surface area contributed by atoms with Gasteiger partial charge in [0.05, 0.1) is 6.26 Å². The molecule has 0 bridgehead atoms. The summed E-state index contributed by atoms with van der Waals surface area (Å²) in [5.74, 6) is -0.298. The number of benzene rings is 1. The van der Waals surface area contributed by atoms with Crippen LogP contribution in [-0.2, 0) is 6.42 Å². The van der Waals surface area contributed by atoms with Crippen LogP contribution in [0.2, 0.25) is 10.2 Å². The molecule has 1 aromatic heterocycles. The predicted octanol–water partition coefficient (Wildman–Crippen LogP) is 4.62. The van der Waals surface area contributed by atoms with Gasteiger partial charge in [0.1, 0.15) is 5.82 Å². The molecule has 0 amide bonds. The van der Waals surface area contributed by atoms with Gasteiger partial charge < -0.3 is 9.73 Å². The number of furan rings is 1. The molecule has 102 valence electrons. The van der Waals surface area contributed by atoms with Crippen molar-refractivity contribution in [2.24, 2.45) is 0 Å². The Balaban J connectivity index is 2.26. The van der Waals surface area contributed by atoms with Crippen LogP contribution in [0.25, 0.3) is 0 Å². The van der Waals surface area contributed by atoms with E-state index >= 15 is 0 Å². The molecule has 2 rings (SSSR count). The first-order valence-corrected chi connectivity index (χ1v) is 6.77. The van der Waals surface area contributed by atoms with Crippen LogP contribution in [0.1, 0.15) is 24.1 Å². The summed E-state index contributed by atoms with van der Waals surface area (Å²) in [7, 11) is 0. The van der Waals surface area contributed by atoms with Gasteiger partial charge in [0.2, 0.25) is 0 Å². The maximum atomic E-state index is 13.3. The third-order valence-electron chi connectivity index (χ3n) is 2.90. The van der Waals surface area contributed by atoms with Crippen molar-refractivity contribution in [3.63, 3.8) is 0 Å². The molecule has 0 aliphatic rings. The summed E-state index contributed by atoms with van der Waals surface area (Å²) < 4.78 is 18.4. The van der Waals surface area contributed by atoms with Crippen LogP contribution in [0.15, 0.2) is 34.9 Å². The number of likely N-dealkylation sites (N-methyl/N-ethyl adjacent to an activating group) is 1. The highest BCUT2D eigenvalue weighted by Gasteiger charge is 2.18. The smallest absolute Gasteiger partial charge is 0.197 e. The summed E-state index contributed by atoms with van der Waals surface area (Å²) in [4.78, 5) is 0. The summed E-state index contributed by atoms with van der Waals surface area (Å²) in [5, 5.41) is 4.19. The lowest BCUT2D eigenvalue weighted by Crippen LogP contribution is -2.23. The largest absolute Gasteiger partial charge is 0.453 e. The van der Waals surface area contributed by atoms with Gasteiger partial charge in [-0.25, -0.2) is 4.39 Å². The zero-order valence-corrected chi connectivity index (χ0v) is 11.9. The van der Waals surface area contributed by atoms with Gasteiger partial charge in [-0.1, -0.05) is 18.5 Å². The predicted molar refractivity (Wildman–Crippen MR) is 75.2 cm³/mol. The third kappa shape index (κ3) is 3.50. The Labute approximate surface area is 121 Å². The maximum absolute atomic E-state index is 13.3. The molecule has 0 radical (unpaired) electrons. The van der Waals surface area contributed by atoms with Crippen LogP contribution in [0.4, 0.5) is 4.39 Å². The first-order chi connectivity index (χ1) is 9.11. The Kier molecular flexibility index (Phi) is 4.86. The van der Waals surface area contributed by atoms with Gasteiger partial charge in [-0.2, -0.15) is 0 Å². The SMILES string of the molecule is CCNC(Cc1cc(F)ccc1Cl)c1ccoc1Cl. The van der Waals surface area contributed by atoms with Gasteiger partial charge >= 0.3 is 0 Å². The van der Waals surface area contributed by atoms with E-state index in [9.17, 15) is 4.39 Å². The molecule has 2 aromatic rings. The van der Waals surface area contributed by atoms with Crippen LogP contribution in [-0.4, -0.2) is 6.54 Å². The molecule has 2 nitrogen and oxygen atoms in total. The lowest BCUT2D eigenvalue weighted by atomic mass is 10.0. The third-order valence-corrected chi connectivity index (χ3v) is 3.58. The second-order valence-electron chi connectivity index (χ2n) is 4.20. The normalized spacial score (nSPS) is 12.6. The van der Waals surface area contributed by atoms with E-state index in [0.717, 1.165) is 17.7 Å². The second-order valence-corrected chi connectivity index (χ2v) is 4.95. The molecule has 1 N–H and O–H groups in total. The molecule has 1 heterocycles. The molecule has 19 heavy (non-hydrogen) atoms. The van der Waals surface area contributed by atoms with Crippen molar-refractivity contribution in [1.29, 1.82) is 0 Å². The van der Waals surface area contributed by atoms with Crippen molar-refractivity contribution in [3.8, 4) is 0 Å². The monoisotopic (exact) mass is 301 g/mol. The van der Waals surface area contributed by atoms with Gasteiger partial charge in [-0.05, 0) is 54.4 Å². The average Bonchev–Trinajstić information content (AvgIpc) is 2.79. The van der Waals surface area contributed by atoms with E-state index in [4.69, 9.17) is 27.6 Å². The molecule has 1 unspecified atom stereocenters. The molecule has 1 aromatic carbocycles. The van der Waals surface area contributed by atoms with E-state index in [-0.39, 0.29) is 11.9 Å². The Morgan fingerprint density at radius 2 is 2.11 bits per heavy atom. The lowest BCUT2D eigenvalue weighted by molar-refractivity contribution is 0.525. The van der Waals surface area contributed by atoms with Crippen molar-refractivity contribution in [3.05, 3.63) is 57.7 Å². The zero-order chi connectivity index (χ0) is 13.8. The lowest BCUT2D eigenvalue weighted by Gasteiger charge is -2.17. The molecule has 0 spiro atoms. The summed E-state index contributed by atoms with van der Waals surface area (Å²) in [5.41, 5.74) is 1.59. The van der Waals surface area contributed by atoms with Gasteiger partial charge in [0.15, 0.2) is 5.22 Å². The number of rotatable bonds is 5. The molecular weight excluding hydrogens is 288 g/mol. The zero-order valence-electron chi connectivity index (χ0n) is 10.4. The number of hydrogen-bond acceptors (Lipinski definition) is 2. The topological polar surface area (TPSA) is 25.2 Å². The van der Waals surface area contributed by atoms with Crippen LogP contribution >= 0.6 is 23.2 Å². The highest BCUT2D eigenvalue weighted by atomic mass is 35.5. The second kappa shape index (κ2) is 6.42. The molecular formula is C14H14Cl2FNO. The quantitative estimate of drug-likeness (QED) is 0.872. The van der Waals surface area contributed by atoms with Crippen molar-refractivity contribution < 1.29 is 8.81 Å². The van der Waals surface area contributed by atoms with Gasteiger partial charge in [0, 0.05) is 16.6 Å². The molecule has 0 fully saturated rings. The van der Waals surface area contributed by atoms with E-state index in [1.807, 2.05) is 13.0 Å². The highest BCUT2D eigenvalue weighted by molar-refractivity contribution is 6.31. The van der Waals surface area contributed by atoms with E-state index in [2.05, 4.69) is 5.32 Å². The van der Waals surface area contributed by atoms with Gasteiger partial charge in [-0.3, -0.25) is 0 Å². The molecule has 0 saturated carbocycles. The van der Waals surface area contributed by atoms with E-state index in [1.165, 1.54) is 18.4 Å². The van der Waals surface area contributed by atoms with Gasteiger partial charge in [-0.15, -0.1) is 0 Å². The maximum Gasteiger partial charge on any atom is 0.197 e. The average molecular weight is 302 g/mol. The Bertz CT molecular complexity index is 556. The van der Waals surface area contributed by atoms with Gasteiger partial charge in [0.25, 0.3) is 0 Å². The molecule has 0 aliphatic carbocycles. The fourth-order valence-corrected chi connectivity index (χ4v) is 2.45. The Hall–Kier alpha value is -1.03. The Morgan fingerprint density at radius 3 is 2.74 bits per heavy atom. The van der Waals surface area contributed by atoms with Crippen LogP contribution in [0.5, 0.6) is 0 Å². The molecule has 5 heteroatoms. The first-order valence-electron chi connectivity index (χ1n) is 6.02. The molecule has 1 atom stereocenters. The number of hydrogen-bond donors (Lipinski definition) is 1. The van der Waals surface area contributed by atoms with Crippen molar-refractivity contribution in [2.75, 3.05) is 6.54 Å². The molecule has 0 saturated heterocycles. The van der Waals surface area contributed by atoms with Crippen LogP contribution in [0.3, 0.4) is 0 Å². The minimum Gasteiger partial charge on any atom is -0.453 e. The van der Waals surface area contributed by atoms with Crippen LogP contribution < -0.4 is 5.32 Å². The molecule has 0 aliphatic heterocycles.